The Kier molecular flexibility index (Phi) is 1.89. The summed E-state index contributed by atoms with van der Waals surface area (Å²) >= 11 is 0. The van der Waals surface area contributed by atoms with Crippen molar-refractivity contribution in [1.82, 2.24) is 0 Å². The van der Waals surface area contributed by atoms with Crippen LogP contribution in [0.1, 0.15) is 26.7 Å². The van der Waals surface area contributed by atoms with Crippen LogP contribution in [0.15, 0.2) is 0 Å². The van der Waals surface area contributed by atoms with Crippen molar-refractivity contribution in [2.24, 2.45) is 17.8 Å². The van der Waals surface area contributed by atoms with Crippen molar-refractivity contribution >= 4 is 6.29 Å². The van der Waals surface area contributed by atoms with E-state index >= 15 is 0 Å². The van der Waals surface area contributed by atoms with E-state index in [1.165, 1.54) is 0 Å². The summed E-state index contributed by atoms with van der Waals surface area (Å²) in [6, 6.07) is 0. The summed E-state index contributed by atoms with van der Waals surface area (Å²) in [5.74, 6) is 2.62. The van der Waals surface area contributed by atoms with Gasteiger partial charge < -0.3 is 4.79 Å². The largest absolute Gasteiger partial charge is 0.303 e. The van der Waals surface area contributed by atoms with Crippen LogP contribution >= 0.6 is 0 Å². The van der Waals surface area contributed by atoms with Crippen molar-refractivity contribution in [3.05, 3.63) is 0 Å². The van der Waals surface area contributed by atoms with Crippen LogP contribution in [-0.2, 0) is 4.79 Å². The second-order valence-electron chi connectivity index (χ2n) is 3.13. The summed E-state index contributed by atoms with van der Waals surface area (Å²) in [6.07, 6.45) is 2.91. The molecule has 1 fully saturated rings. The maximum absolute atomic E-state index is 9.95. The van der Waals surface area contributed by atoms with Gasteiger partial charge in [0.05, 0.1) is 0 Å². The molecule has 0 aliphatic heterocycles. The van der Waals surface area contributed by atoms with E-state index in [0.717, 1.165) is 36.9 Å². The molecule has 0 N–H and O–H groups in total. The maximum Gasteiger partial charge on any atom is 0.120 e. The van der Waals surface area contributed by atoms with Crippen molar-refractivity contribution in [3.63, 3.8) is 0 Å². The van der Waals surface area contributed by atoms with Gasteiger partial charge in [0.25, 0.3) is 0 Å². The molecule has 0 amide bonds. The Morgan fingerprint density at radius 1 is 1.33 bits per heavy atom. The van der Waals surface area contributed by atoms with Crippen LogP contribution in [0.2, 0.25) is 0 Å². The molecule has 1 rings (SSSR count). The van der Waals surface area contributed by atoms with Crippen LogP contribution < -0.4 is 0 Å². The Morgan fingerprint density at radius 3 is 2.22 bits per heavy atom. The normalized spacial score (nSPS) is 40.4. The molecule has 1 aliphatic rings. The molecule has 0 heterocycles. The fraction of sp³-hybridized carbons (Fsp3) is 0.875. The van der Waals surface area contributed by atoms with Crippen molar-refractivity contribution in [2.75, 3.05) is 0 Å². The van der Waals surface area contributed by atoms with Gasteiger partial charge in [-0.2, -0.15) is 0 Å². The molecular weight excluding hydrogens is 112 g/mol. The second kappa shape index (κ2) is 2.51. The maximum atomic E-state index is 9.95. The van der Waals surface area contributed by atoms with Crippen LogP contribution in [0.4, 0.5) is 0 Å². The van der Waals surface area contributed by atoms with Gasteiger partial charge in [-0.15, -0.1) is 0 Å². The number of rotatable bonds is 3. The van der Waals surface area contributed by atoms with Crippen LogP contribution in [0, 0.1) is 17.8 Å². The van der Waals surface area contributed by atoms with Crippen LogP contribution in [0.3, 0.4) is 0 Å². The SMILES string of the molecule is CC1C(C)C1CCC=O. The lowest BCUT2D eigenvalue weighted by Crippen LogP contribution is -1.81. The molecule has 1 nitrogen and oxygen atoms in total. The highest BCUT2D eigenvalue weighted by Gasteiger charge is 2.41. The van der Waals surface area contributed by atoms with Crippen molar-refractivity contribution in [1.29, 1.82) is 0 Å². The monoisotopic (exact) mass is 126 g/mol. The second-order valence-corrected chi connectivity index (χ2v) is 3.13. The number of aldehydes is 1. The Bertz CT molecular complexity index is 101. The molecule has 1 aliphatic carbocycles. The zero-order valence-electron chi connectivity index (χ0n) is 6.13. The van der Waals surface area contributed by atoms with Gasteiger partial charge in [0, 0.05) is 6.42 Å². The van der Waals surface area contributed by atoms with Crippen molar-refractivity contribution in [2.45, 2.75) is 26.7 Å². The Balaban J connectivity index is 2.10. The predicted octanol–water partition coefficient (Wildman–Crippen LogP) is 1.87. The van der Waals surface area contributed by atoms with Crippen molar-refractivity contribution in [3.8, 4) is 0 Å². The molecule has 0 radical (unpaired) electrons. The molecule has 0 bridgehead atoms. The first-order valence-electron chi connectivity index (χ1n) is 3.71. The molecule has 0 aromatic heterocycles. The lowest BCUT2D eigenvalue weighted by Gasteiger charge is -1.87. The fourth-order valence-corrected chi connectivity index (χ4v) is 1.55. The van der Waals surface area contributed by atoms with Gasteiger partial charge in [-0.25, -0.2) is 0 Å². The highest BCUT2D eigenvalue weighted by molar-refractivity contribution is 5.49. The summed E-state index contributed by atoms with van der Waals surface area (Å²) in [4.78, 5) is 9.95. The van der Waals surface area contributed by atoms with E-state index < -0.39 is 0 Å². The molecule has 0 saturated heterocycles. The first-order chi connectivity index (χ1) is 4.27. The van der Waals surface area contributed by atoms with Crippen molar-refractivity contribution < 1.29 is 4.79 Å². The van der Waals surface area contributed by atoms with Gasteiger partial charge in [0.15, 0.2) is 0 Å². The minimum absolute atomic E-state index is 0.763. The molecule has 1 saturated carbocycles. The highest BCUT2D eigenvalue weighted by atomic mass is 16.1. The van der Waals surface area contributed by atoms with E-state index in [0.29, 0.717) is 0 Å². The number of hydrogen-bond donors (Lipinski definition) is 0. The molecule has 9 heavy (non-hydrogen) atoms. The van der Waals surface area contributed by atoms with E-state index in [2.05, 4.69) is 13.8 Å². The summed E-state index contributed by atoms with van der Waals surface area (Å²) in [7, 11) is 0. The zero-order chi connectivity index (χ0) is 6.85. The molecule has 0 aromatic carbocycles. The average molecular weight is 126 g/mol. The Hall–Kier alpha value is -0.330. The smallest absolute Gasteiger partial charge is 0.120 e. The van der Waals surface area contributed by atoms with Crippen LogP contribution in [0.5, 0.6) is 0 Å². The molecular formula is C8H14O. The third-order valence-corrected chi connectivity index (χ3v) is 2.66. The Labute approximate surface area is 56.4 Å². The zero-order valence-corrected chi connectivity index (χ0v) is 6.13. The molecule has 0 aromatic rings. The summed E-state index contributed by atoms with van der Waals surface area (Å²) < 4.78 is 0. The summed E-state index contributed by atoms with van der Waals surface area (Å²) in [6.45, 7) is 4.53. The van der Waals surface area contributed by atoms with Gasteiger partial charge in [0.1, 0.15) is 6.29 Å². The quantitative estimate of drug-likeness (QED) is 0.527. The van der Waals surface area contributed by atoms with Gasteiger partial charge in [-0.05, 0) is 24.2 Å². The summed E-state index contributed by atoms with van der Waals surface area (Å²) in [5.41, 5.74) is 0. The van der Waals surface area contributed by atoms with E-state index in [-0.39, 0.29) is 0 Å². The van der Waals surface area contributed by atoms with Crippen LogP contribution in [0.25, 0.3) is 0 Å². The Morgan fingerprint density at radius 2 is 1.89 bits per heavy atom. The van der Waals surface area contributed by atoms with Gasteiger partial charge in [0.2, 0.25) is 0 Å². The summed E-state index contributed by atoms with van der Waals surface area (Å²) in [5, 5.41) is 0. The third-order valence-electron chi connectivity index (χ3n) is 2.66. The third kappa shape index (κ3) is 1.32. The first-order valence-corrected chi connectivity index (χ1v) is 3.71. The number of hydrogen-bond acceptors (Lipinski definition) is 1. The number of carbonyl (C=O) groups excluding carboxylic acids is 1. The molecule has 0 spiro atoms. The molecule has 1 heteroatoms. The fourth-order valence-electron chi connectivity index (χ4n) is 1.55. The van der Waals surface area contributed by atoms with E-state index in [1.54, 1.807) is 0 Å². The van der Waals surface area contributed by atoms with Gasteiger partial charge in [-0.1, -0.05) is 13.8 Å². The molecule has 52 valence electrons. The lowest BCUT2D eigenvalue weighted by atomic mass is 10.2. The number of carbonyl (C=O) groups is 1. The predicted molar refractivity (Wildman–Crippen MR) is 37.1 cm³/mol. The average Bonchev–Trinajstić information content (AvgIpc) is 2.39. The van der Waals surface area contributed by atoms with Gasteiger partial charge in [-0.3, -0.25) is 0 Å². The minimum Gasteiger partial charge on any atom is -0.303 e. The molecule has 2 atom stereocenters. The van der Waals surface area contributed by atoms with Crippen LogP contribution in [-0.4, -0.2) is 6.29 Å². The van der Waals surface area contributed by atoms with E-state index in [9.17, 15) is 4.79 Å². The highest BCUT2D eigenvalue weighted by Crippen LogP contribution is 2.47. The first kappa shape index (κ1) is 6.79. The lowest BCUT2D eigenvalue weighted by molar-refractivity contribution is -0.108. The topological polar surface area (TPSA) is 17.1 Å². The van der Waals surface area contributed by atoms with E-state index in [4.69, 9.17) is 0 Å². The molecule has 2 unspecified atom stereocenters. The standard InChI is InChI=1S/C8H14O/c1-6-7(2)8(6)4-3-5-9/h5-8H,3-4H2,1-2H3. The van der Waals surface area contributed by atoms with E-state index in [1.807, 2.05) is 0 Å². The van der Waals surface area contributed by atoms with Gasteiger partial charge >= 0.3 is 0 Å². The minimum atomic E-state index is 0.763.